The first-order valence-corrected chi connectivity index (χ1v) is 12.4. The zero-order valence-electron chi connectivity index (χ0n) is 16.7. The predicted octanol–water partition coefficient (Wildman–Crippen LogP) is 6.92. The monoisotopic (exact) mass is 477 g/mol. The van der Waals surface area contributed by atoms with E-state index in [1.807, 2.05) is 51.1 Å². The SMILES string of the molecule is CCOc1ccccc1OCC(=O)N1c2ccc(Cl)cc2-c2c(ssc2=S)C1(C)C. The van der Waals surface area contributed by atoms with Crippen LogP contribution in [-0.4, -0.2) is 19.1 Å². The molecule has 2 aromatic carbocycles. The van der Waals surface area contributed by atoms with Crippen LogP contribution in [0.3, 0.4) is 0 Å². The van der Waals surface area contributed by atoms with Crippen LogP contribution in [0.1, 0.15) is 25.6 Å². The molecule has 0 radical (unpaired) electrons. The van der Waals surface area contributed by atoms with Crippen LogP contribution < -0.4 is 14.4 Å². The Morgan fingerprint density at radius 3 is 2.53 bits per heavy atom. The average molecular weight is 478 g/mol. The molecule has 0 unspecified atom stereocenters. The Morgan fingerprint density at radius 2 is 1.83 bits per heavy atom. The summed E-state index contributed by atoms with van der Waals surface area (Å²) in [7, 11) is 3.16. The van der Waals surface area contributed by atoms with Gasteiger partial charge in [0, 0.05) is 16.1 Å². The second-order valence-corrected chi connectivity index (χ2v) is 10.5. The van der Waals surface area contributed by atoms with Crippen LogP contribution in [0.2, 0.25) is 5.02 Å². The first kappa shape index (κ1) is 21.3. The van der Waals surface area contributed by atoms with Gasteiger partial charge < -0.3 is 9.47 Å². The summed E-state index contributed by atoms with van der Waals surface area (Å²) in [6, 6.07) is 12.9. The normalized spacial score (nSPS) is 14.1. The van der Waals surface area contributed by atoms with Crippen LogP contribution in [0, 0.1) is 3.82 Å². The Hall–Kier alpha value is -1.93. The number of ether oxygens (including phenoxy) is 2. The molecule has 8 heteroatoms. The van der Waals surface area contributed by atoms with Crippen molar-refractivity contribution in [2.24, 2.45) is 0 Å². The summed E-state index contributed by atoms with van der Waals surface area (Å²) in [6.45, 7) is 6.39. The highest BCUT2D eigenvalue weighted by atomic mass is 35.5. The molecule has 0 saturated carbocycles. The lowest BCUT2D eigenvalue weighted by Crippen LogP contribution is -2.49. The standard InChI is InChI=1S/C22H20ClNO3S3/c1-4-26-16-7-5-6-8-17(16)27-12-18(25)24-15-10-9-13(23)11-14(15)19-20(22(24,2)3)29-30-21(19)28/h5-11H,4,12H2,1-3H3. The van der Waals surface area contributed by atoms with Gasteiger partial charge in [0.05, 0.1) is 22.7 Å². The first-order valence-electron chi connectivity index (χ1n) is 9.45. The fourth-order valence-electron chi connectivity index (χ4n) is 3.70. The van der Waals surface area contributed by atoms with Gasteiger partial charge in [-0.1, -0.05) is 56.6 Å². The zero-order valence-corrected chi connectivity index (χ0v) is 19.9. The molecule has 0 saturated heterocycles. The van der Waals surface area contributed by atoms with Gasteiger partial charge in [0.15, 0.2) is 18.1 Å². The van der Waals surface area contributed by atoms with Crippen molar-refractivity contribution in [2.75, 3.05) is 18.1 Å². The number of amides is 1. The van der Waals surface area contributed by atoms with Crippen molar-refractivity contribution < 1.29 is 14.3 Å². The molecule has 0 spiro atoms. The zero-order chi connectivity index (χ0) is 21.5. The van der Waals surface area contributed by atoms with Crippen LogP contribution in [-0.2, 0) is 10.3 Å². The van der Waals surface area contributed by atoms with Gasteiger partial charge in [-0.15, -0.1) is 0 Å². The molecule has 4 rings (SSSR count). The highest BCUT2D eigenvalue weighted by Gasteiger charge is 2.43. The number of hydrogen-bond donors (Lipinski definition) is 0. The number of hydrogen-bond acceptors (Lipinski definition) is 6. The van der Waals surface area contributed by atoms with Gasteiger partial charge >= 0.3 is 0 Å². The summed E-state index contributed by atoms with van der Waals surface area (Å²) in [4.78, 5) is 16.3. The first-order chi connectivity index (χ1) is 14.3. The molecule has 1 aliphatic rings. The van der Waals surface area contributed by atoms with Gasteiger partial charge in [0.2, 0.25) is 0 Å². The number of carbonyl (C=O) groups excluding carboxylic acids is 1. The number of anilines is 1. The number of para-hydroxylation sites is 2. The molecular weight excluding hydrogens is 458 g/mol. The van der Waals surface area contributed by atoms with E-state index in [1.54, 1.807) is 37.7 Å². The quantitative estimate of drug-likeness (QED) is 0.295. The number of benzene rings is 2. The number of fused-ring (bicyclic) bond motifs is 3. The van der Waals surface area contributed by atoms with Crippen molar-refractivity contribution in [3.63, 3.8) is 0 Å². The van der Waals surface area contributed by atoms with Crippen molar-refractivity contribution in [1.82, 2.24) is 0 Å². The minimum Gasteiger partial charge on any atom is -0.490 e. The van der Waals surface area contributed by atoms with Crippen molar-refractivity contribution >= 4 is 56.1 Å². The minimum absolute atomic E-state index is 0.111. The Balaban J connectivity index is 1.70. The van der Waals surface area contributed by atoms with Gasteiger partial charge in [-0.2, -0.15) is 0 Å². The van der Waals surface area contributed by atoms with E-state index in [0.717, 1.165) is 25.5 Å². The van der Waals surface area contributed by atoms with Crippen molar-refractivity contribution in [1.29, 1.82) is 0 Å². The maximum atomic E-state index is 13.4. The number of carbonyl (C=O) groups is 1. The predicted molar refractivity (Wildman–Crippen MR) is 127 cm³/mol. The third-order valence-corrected chi connectivity index (χ3v) is 8.53. The van der Waals surface area contributed by atoms with Gasteiger partial charge in [-0.3, -0.25) is 9.69 Å². The van der Waals surface area contributed by atoms with E-state index in [9.17, 15) is 4.79 Å². The molecule has 1 aliphatic heterocycles. The maximum Gasteiger partial charge on any atom is 0.265 e. The van der Waals surface area contributed by atoms with E-state index in [-0.39, 0.29) is 12.5 Å². The fraction of sp³-hybridized carbons (Fsp3) is 0.273. The number of rotatable bonds is 5. The topological polar surface area (TPSA) is 38.8 Å². The van der Waals surface area contributed by atoms with Gasteiger partial charge in [-0.05, 0) is 51.1 Å². The number of halogens is 1. The lowest BCUT2D eigenvalue weighted by atomic mass is 9.87. The molecule has 0 aliphatic carbocycles. The van der Waals surface area contributed by atoms with Crippen LogP contribution in [0.5, 0.6) is 11.5 Å². The second-order valence-electron chi connectivity index (χ2n) is 7.28. The number of nitrogens with zero attached hydrogens (tertiary/aromatic N) is 1. The summed E-state index contributed by atoms with van der Waals surface area (Å²) < 4.78 is 12.3. The highest BCUT2D eigenvalue weighted by Crippen LogP contribution is 2.52. The lowest BCUT2D eigenvalue weighted by Gasteiger charge is -2.42. The minimum atomic E-state index is -0.561. The molecule has 1 amide bonds. The maximum absolute atomic E-state index is 13.4. The van der Waals surface area contributed by atoms with Gasteiger partial charge in [0.1, 0.15) is 3.82 Å². The van der Waals surface area contributed by atoms with Crippen molar-refractivity contribution in [2.45, 2.75) is 26.3 Å². The molecule has 3 aromatic rings. The molecule has 156 valence electrons. The van der Waals surface area contributed by atoms with Crippen molar-refractivity contribution in [3.05, 3.63) is 56.2 Å². The Morgan fingerprint density at radius 1 is 1.13 bits per heavy atom. The molecule has 30 heavy (non-hydrogen) atoms. The molecule has 0 fully saturated rings. The third-order valence-electron chi connectivity index (χ3n) is 4.96. The molecular formula is C22H20ClNO3S3. The van der Waals surface area contributed by atoms with Crippen molar-refractivity contribution in [3.8, 4) is 22.6 Å². The summed E-state index contributed by atoms with van der Waals surface area (Å²) in [6.07, 6.45) is 0. The van der Waals surface area contributed by atoms with Crippen LogP contribution in [0.4, 0.5) is 5.69 Å². The molecule has 0 bridgehead atoms. The molecule has 4 nitrogen and oxygen atoms in total. The lowest BCUT2D eigenvalue weighted by molar-refractivity contribution is -0.121. The molecule has 2 heterocycles. The van der Waals surface area contributed by atoms with Gasteiger partial charge in [-0.25, -0.2) is 0 Å². The summed E-state index contributed by atoms with van der Waals surface area (Å²) in [5, 5.41) is 0.610. The third kappa shape index (κ3) is 3.64. The van der Waals surface area contributed by atoms with E-state index < -0.39 is 5.54 Å². The van der Waals surface area contributed by atoms with E-state index >= 15 is 0 Å². The summed E-state index contributed by atoms with van der Waals surface area (Å²) >= 11 is 11.9. The largest absolute Gasteiger partial charge is 0.490 e. The average Bonchev–Trinajstić information content (AvgIpc) is 3.11. The van der Waals surface area contributed by atoms with E-state index in [1.165, 1.54) is 0 Å². The summed E-state index contributed by atoms with van der Waals surface area (Å²) in [5.74, 6) is 1.02. The van der Waals surface area contributed by atoms with Crippen LogP contribution in [0.15, 0.2) is 42.5 Å². The Labute approximate surface area is 193 Å². The molecule has 1 aromatic heterocycles. The van der Waals surface area contributed by atoms with Crippen LogP contribution >= 0.6 is 44.5 Å². The fourth-order valence-corrected chi connectivity index (χ4v) is 7.15. The van der Waals surface area contributed by atoms with Crippen LogP contribution in [0.25, 0.3) is 11.1 Å². The molecule has 0 atom stereocenters. The van der Waals surface area contributed by atoms with Gasteiger partial charge in [0.25, 0.3) is 5.91 Å². The van der Waals surface area contributed by atoms with E-state index in [2.05, 4.69) is 0 Å². The smallest absolute Gasteiger partial charge is 0.265 e. The second kappa shape index (κ2) is 8.30. The van der Waals surface area contributed by atoms with E-state index in [4.69, 9.17) is 33.3 Å². The molecule has 0 N–H and O–H groups in total. The van der Waals surface area contributed by atoms with E-state index in [0.29, 0.717) is 23.1 Å². The summed E-state index contributed by atoms with van der Waals surface area (Å²) in [5.41, 5.74) is 2.13. The Kier molecular flexibility index (Phi) is 5.90. The Bertz CT molecular complexity index is 1170. The highest BCUT2D eigenvalue weighted by molar-refractivity contribution is 7.80.